The summed E-state index contributed by atoms with van der Waals surface area (Å²) in [4.78, 5) is 18.0. The molecule has 1 heterocycles. The number of carbonyl (C=O) groups is 1. The molecule has 0 spiro atoms. The minimum Gasteiger partial charge on any atom is -0.441 e. The lowest BCUT2D eigenvalue weighted by Gasteiger charge is -2.22. The monoisotopic (exact) mass is 651 g/mol. The Morgan fingerprint density at radius 1 is 0.932 bits per heavy atom. The molecule has 44 heavy (non-hydrogen) atoms. The van der Waals surface area contributed by atoms with E-state index in [4.69, 9.17) is 17.0 Å². The van der Waals surface area contributed by atoms with Gasteiger partial charge >= 0.3 is 6.09 Å². The standard InChI is InChI=1S/C32H37N5O4S3/c1-20(2)34-30(42)35-24-14-12-23(13-15-24)29-33-19-27(43-29)26-17-16-25(18-28(26)44(39,40)37-32(4,5)6)36-31(38)41-21(3)22-10-8-7-9-11-22/h7-21,37H,1-6H3,(H,36,38)(H2,34,35,42). The van der Waals surface area contributed by atoms with Crippen molar-refractivity contribution in [1.29, 1.82) is 0 Å². The SMILES string of the molecule is CC(C)NC(=S)Nc1ccc(-c2ncc(-c3ccc(NC(=O)OC(C)c4ccccc4)cc3S(=O)(=O)NC(C)(C)C)s2)cc1. The summed E-state index contributed by atoms with van der Waals surface area (Å²) in [6.45, 7) is 11.1. The second-order valence-electron chi connectivity index (χ2n) is 11.5. The average molecular weight is 652 g/mol. The normalized spacial score (nSPS) is 12.4. The molecule has 9 nitrogen and oxygen atoms in total. The quantitative estimate of drug-likeness (QED) is 0.137. The number of anilines is 2. The smallest absolute Gasteiger partial charge is 0.412 e. The Bertz CT molecular complexity index is 1710. The van der Waals surface area contributed by atoms with Crippen LogP contribution in [0.25, 0.3) is 21.0 Å². The van der Waals surface area contributed by atoms with Gasteiger partial charge in [0, 0.05) is 40.3 Å². The first kappa shape index (κ1) is 33.1. The van der Waals surface area contributed by atoms with Gasteiger partial charge in [-0.25, -0.2) is 22.9 Å². The van der Waals surface area contributed by atoms with E-state index < -0.39 is 27.8 Å². The van der Waals surface area contributed by atoms with Gasteiger partial charge in [-0.1, -0.05) is 36.4 Å². The van der Waals surface area contributed by atoms with E-state index in [-0.39, 0.29) is 16.6 Å². The van der Waals surface area contributed by atoms with Gasteiger partial charge in [0.25, 0.3) is 0 Å². The first-order valence-corrected chi connectivity index (χ1v) is 16.8. The lowest BCUT2D eigenvalue weighted by atomic mass is 10.1. The van der Waals surface area contributed by atoms with Gasteiger partial charge in [0.2, 0.25) is 10.0 Å². The predicted molar refractivity (Wildman–Crippen MR) is 183 cm³/mol. The summed E-state index contributed by atoms with van der Waals surface area (Å²) in [6, 6.07) is 22.0. The molecule has 4 N–H and O–H groups in total. The van der Waals surface area contributed by atoms with Crippen LogP contribution in [0.1, 0.15) is 53.2 Å². The largest absolute Gasteiger partial charge is 0.441 e. The van der Waals surface area contributed by atoms with Crippen LogP contribution in [0.4, 0.5) is 16.2 Å². The van der Waals surface area contributed by atoms with E-state index >= 15 is 0 Å². The molecule has 0 bridgehead atoms. The van der Waals surface area contributed by atoms with Crippen molar-refractivity contribution >= 4 is 56.2 Å². The van der Waals surface area contributed by atoms with Crippen LogP contribution in [0.5, 0.6) is 0 Å². The van der Waals surface area contributed by atoms with Crippen molar-refractivity contribution in [3.05, 3.63) is 84.6 Å². The van der Waals surface area contributed by atoms with Crippen LogP contribution < -0.4 is 20.7 Å². The number of hydrogen-bond acceptors (Lipinski definition) is 7. The van der Waals surface area contributed by atoms with Crippen molar-refractivity contribution in [3.8, 4) is 21.0 Å². The summed E-state index contributed by atoms with van der Waals surface area (Å²) >= 11 is 6.69. The molecule has 0 aliphatic rings. The van der Waals surface area contributed by atoms with Crippen molar-refractivity contribution in [2.24, 2.45) is 0 Å². The van der Waals surface area contributed by atoms with E-state index in [0.717, 1.165) is 21.8 Å². The number of nitrogens with one attached hydrogen (secondary N) is 4. The Morgan fingerprint density at radius 3 is 2.23 bits per heavy atom. The van der Waals surface area contributed by atoms with Gasteiger partial charge in [0.1, 0.15) is 11.1 Å². The van der Waals surface area contributed by atoms with Crippen LogP contribution in [0.3, 0.4) is 0 Å². The number of nitrogens with zero attached hydrogens (tertiary/aromatic N) is 1. The lowest BCUT2D eigenvalue weighted by molar-refractivity contribution is 0.121. The van der Waals surface area contributed by atoms with E-state index in [1.807, 2.05) is 68.4 Å². The van der Waals surface area contributed by atoms with Crippen LogP contribution in [0.2, 0.25) is 0 Å². The van der Waals surface area contributed by atoms with Crippen LogP contribution >= 0.6 is 23.6 Å². The highest BCUT2D eigenvalue weighted by molar-refractivity contribution is 7.89. The molecule has 4 rings (SSSR count). The maximum absolute atomic E-state index is 13.6. The second kappa shape index (κ2) is 13.9. The molecule has 1 atom stereocenters. The summed E-state index contributed by atoms with van der Waals surface area (Å²) < 4.78 is 35.5. The Balaban J connectivity index is 1.60. The number of ether oxygens (including phenoxy) is 1. The number of thiocarbonyl (C=S) groups is 1. The molecule has 1 aromatic heterocycles. The zero-order valence-electron chi connectivity index (χ0n) is 25.5. The third kappa shape index (κ3) is 9.08. The van der Waals surface area contributed by atoms with Gasteiger partial charge in [-0.2, -0.15) is 0 Å². The van der Waals surface area contributed by atoms with Gasteiger partial charge in [-0.05, 0) is 95.7 Å². The molecule has 1 unspecified atom stereocenters. The molecule has 1 amide bonds. The molecule has 12 heteroatoms. The van der Waals surface area contributed by atoms with E-state index in [0.29, 0.717) is 15.6 Å². The van der Waals surface area contributed by atoms with Gasteiger partial charge in [0.15, 0.2) is 5.11 Å². The Morgan fingerprint density at radius 2 is 1.59 bits per heavy atom. The number of benzene rings is 3. The van der Waals surface area contributed by atoms with Crippen molar-refractivity contribution in [2.75, 3.05) is 10.6 Å². The molecule has 232 valence electrons. The highest BCUT2D eigenvalue weighted by Gasteiger charge is 2.27. The molecular weight excluding hydrogens is 615 g/mol. The number of rotatable bonds is 9. The fourth-order valence-electron chi connectivity index (χ4n) is 4.24. The van der Waals surface area contributed by atoms with Gasteiger partial charge in [-0.15, -0.1) is 11.3 Å². The topological polar surface area (TPSA) is 121 Å². The third-order valence-corrected chi connectivity index (χ3v) is 9.19. The maximum Gasteiger partial charge on any atom is 0.412 e. The van der Waals surface area contributed by atoms with E-state index in [1.54, 1.807) is 46.0 Å². The molecule has 0 saturated heterocycles. The Hall–Kier alpha value is -3.84. The minimum absolute atomic E-state index is 0.0160. The molecular formula is C32H37N5O4S3. The highest BCUT2D eigenvalue weighted by atomic mass is 32.2. The average Bonchev–Trinajstić information content (AvgIpc) is 3.42. The molecule has 4 aromatic rings. The Labute approximate surface area is 268 Å². The van der Waals surface area contributed by atoms with Crippen LogP contribution in [-0.2, 0) is 14.8 Å². The molecule has 3 aromatic carbocycles. The number of amides is 1. The predicted octanol–water partition coefficient (Wildman–Crippen LogP) is 7.56. The first-order chi connectivity index (χ1) is 20.7. The first-order valence-electron chi connectivity index (χ1n) is 14.0. The maximum atomic E-state index is 13.6. The fraction of sp³-hybridized carbons (Fsp3) is 0.281. The van der Waals surface area contributed by atoms with Gasteiger partial charge in [0.05, 0.1) is 9.77 Å². The number of carbonyl (C=O) groups excluding carboxylic acids is 1. The van der Waals surface area contributed by atoms with E-state index in [2.05, 4.69) is 25.7 Å². The lowest BCUT2D eigenvalue weighted by Crippen LogP contribution is -2.40. The molecule has 0 saturated carbocycles. The molecule has 0 fully saturated rings. The zero-order valence-corrected chi connectivity index (χ0v) is 27.9. The molecule has 0 radical (unpaired) electrons. The summed E-state index contributed by atoms with van der Waals surface area (Å²) in [6.07, 6.45) is 0.470. The summed E-state index contributed by atoms with van der Waals surface area (Å²) in [5, 5.41) is 10.2. The van der Waals surface area contributed by atoms with Crippen molar-refractivity contribution < 1.29 is 17.9 Å². The van der Waals surface area contributed by atoms with Crippen LogP contribution in [0, 0.1) is 0 Å². The fourth-order valence-corrected chi connectivity index (χ4v) is 7.29. The number of aromatic nitrogens is 1. The summed E-state index contributed by atoms with van der Waals surface area (Å²) in [5.41, 5.74) is 2.57. The third-order valence-electron chi connectivity index (χ3n) is 6.09. The molecule has 0 aliphatic carbocycles. The second-order valence-corrected chi connectivity index (χ2v) is 14.6. The zero-order chi connectivity index (χ0) is 32.1. The number of sulfonamides is 1. The van der Waals surface area contributed by atoms with E-state index in [9.17, 15) is 13.2 Å². The summed E-state index contributed by atoms with van der Waals surface area (Å²) in [7, 11) is -3.99. The van der Waals surface area contributed by atoms with Crippen molar-refractivity contribution in [1.82, 2.24) is 15.0 Å². The highest BCUT2D eigenvalue weighted by Crippen LogP contribution is 2.37. The van der Waals surface area contributed by atoms with Crippen LogP contribution in [0.15, 0.2) is 83.9 Å². The van der Waals surface area contributed by atoms with Gasteiger partial charge in [-0.3, -0.25) is 5.32 Å². The Kier molecular flexibility index (Phi) is 10.4. The van der Waals surface area contributed by atoms with Crippen LogP contribution in [-0.4, -0.2) is 36.2 Å². The summed E-state index contributed by atoms with van der Waals surface area (Å²) in [5.74, 6) is 0. The molecule has 0 aliphatic heterocycles. The van der Waals surface area contributed by atoms with E-state index in [1.165, 1.54) is 17.4 Å². The number of hydrogen-bond donors (Lipinski definition) is 4. The van der Waals surface area contributed by atoms with Crippen molar-refractivity contribution in [2.45, 2.75) is 64.1 Å². The van der Waals surface area contributed by atoms with Crippen molar-refractivity contribution in [3.63, 3.8) is 0 Å². The van der Waals surface area contributed by atoms with Gasteiger partial charge < -0.3 is 15.4 Å². The number of thiazole rings is 1. The minimum atomic E-state index is -3.99.